The standard InChI is InChI=1S/C20H20F2IN3O/c1-10-13(6-5-7-14(10)19(21)22)11(2)24-20-15-8-16(23)18(27-4)9-17(15)25-12(3)26-20/h5-9,11,19H,1-4H3,(H,24,25,26). The summed E-state index contributed by atoms with van der Waals surface area (Å²) in [6.45, 7) is 5.49. The Balaban J connectivity index is 2.04. The molecule has 7 heteroatoms. The molecule has 0 aliphatic heterocycles. The van der Waals surface area contributed by atoms with Crippen LogP contribution in [0.5, 0.6) is 5.75 Å². The number of fused-ring (bicyclic) bond motifs is 1. The third-order valence-corrected chi connectivity index (χ3v) is 5.40. The van der Waals surface area contributed by atoms with Crippen molar-refractivity contribution < 1.29 is 13.5 Å². The Labute approximate surface area is 170 Å². The van der Waals surface area contributed by atoms with E-state index in [0.717, 1.165) is 25.8 Å². The molecule has 1 atom stereocenters. The van der Waals surface area contributed by atoms with Gasteiger partial charge in [0.25, 0.3) is 6.43 Å². The van der Waals surface area contributed by atoms with Crippen molar-refractivity contribution in [3.63, 3.8) is 0 Å². The molecule has 0 saturated carbocycles. The minimum atomic E-state index is -2.49. The second-order valence-corrected chi connectivity index (χ2v) is 7.51. The van der Waals surface area contributed by atoms with Crippen molar-refractivity contribution in [3.05, 3.63) is 56.4 Å². The summed E-state index contributed by atoms with van der Waals surface area (Å²) in [5.74, 6) is 2.05. The van der Waals surface area contributed by atoms with Gasteiger partial charge in [-0.1, -0.05) is 18.2 Å². The highest BCUT2D eigenvalue weighted by atomic mass is 127. The molecule has 0 saturated heterocycles. The lowest BCUT2D eigenvalue weighted by Gasteiger charge is -2.20. The van der Waals surface area contributed by atoms with E-state index in [1.54, 1.807) is 20.1 Å². The number of nitrogens with one attached hydrogen (secondary N) is 1. The molecule has 2 aromatic carbocycles. The third kappa shape index (κ3) is 3.97. The van der Waals surface area contributed by atoms with Crippen molar-refractivity contribution in [2.45, 2.75) is 33.2 Å². The molecule has 0 fully saturated rings. The van der Waals surface area contributed by atoms with Gasteiger partial charge in [-0.05, 0) is 60.6 Å². The molecule has 0 radical (unpaired) electrons. The van der Waals surface area contributed by atoms with E-state index in [4.69, 9.17) is 4.74 Å². The molecule has 1 aromatic heterocycles. The summed E-state index contributed by atoms with van der Waals surface area (Å²) in [5.41, 5.74) is 2.25. The first-order valence-electron chi connectivity index (χ1n) is 8.47. The lowest BCUT2D eigenvalue weighted by atomic mass is 9.97. The van der Waals surface area contributed by atoms with Crippen LogP contribution in [0.1, 0.15) is 41.9 Å². The number of hydrogen-bond acceptors (Lipinski definition) is 4. The number of hydrogen-bond donors (Lipinski definition) is 1. The Morgan fingerprint density at radius 3 is 2.48 bits per heavy atom. The molecular weight excluding hydrogens is 463 g/mol. The zero-order chi connectivity index (χ0) is 19.7. The number of aromatic nitrogens is 2. The number of rotatable bonds is 5. The number of halogens is 3. The predicted molar refractivity (Wildman–Crippen MR) is 112 cm³/mol. The Bertz CT molecular complexity index is 995. The van der Waals surface area contributed by atoms with Crippen LogP contribution in [0.4, 0.5) is 14.6 Å². The minimum Gasteiger partial charge on any atom is -0.496 e. The average molecular weight is 483 g/mol. The minimum absolute atomic E-state index is 0.0594. The largest absolute Gasteiger partial charge is 0.496 e. The van der Waals surface area contributed by atoms with E-state index in [-0.39, 0.29) is 11.6 Å². The second kappa shape index (κ2) is 7.92. The summed E-state index contributed by atoms with van der Waals surface area (Å²) in [6, 6.07) is 8.65. The molecule has 142 valence electrons. The van der Waals surface area contributed by atoms with Gasteiger partial charge < -0.3 is 10.1 Å². The summed E-state index contributed by atoms with van der Waals surface area (Å²) < 4.78 is 32.8. The smallest absolute Gasteiger partial charge is 0.264 e. The maximum absolute atomic E-state index is 13.2. The summed E-state index contributed by atoms with van der Waals surface area (Å²) in [5, 5.41) is 4.23. The highest BCUT2D eigenvalue weighted by molar-refractivity contribution is 14.1. The van der Waals surface area contributed by atoms with Gasteiger partial charge in [-0.3, -0.25) is 0 Å². The first-order chi connectivity index (χ1) is 12.8. The summed E-state index contributed by atoms with van der Waals surface area (Å²) in [4.78, 5) is 9.02. The fraction of sp³-hybridized carbons (Fsp3) is 0.300. The Morgan fingerprint density at radius 1 is 1.11 bits per heavy atom. The molecule has 0 amide bonds. The summed E-state index contributed by atoms with van der Waals surface area (Å²) >= 11 is 2.20. The van der Waals surface area contributed by atoms with Crippen molar-refractivity contribution >= 4 is 39.3 Å². The van der Waals surface area contributed by atoms with Crippen molar-refractivity contribution in [1.82, 2.24) is 9.97 Å². The van der Waals surface area contributed by atoms with Gasteiger partial charge >= 0.3 is 0 Å². The number of anilines is 1. The van der Waals surface area contributed by atoms with E-state index >= 15 is 0 Å². The molecule has 0 bridgehead atoms. The van der Waals surface area contributed by atoms with Crippen molar-refractivity contribution in [3.8, 4) is 5.75 Å². The van der Waals surface area contributed by atoms with Gasteiger partial charge in [-0.15, -0.1) is 0 Å². The molecule has 3 rings (SSSR count). The molecular formula is C20H20F2IN3O. The maximum Gasteiger partial charge on any atom is 0.264 e. The highest BCUT2D eigenvalue weighted by Crippen LogP contribution is 2.33. The van der Waals surface area contributed by atoms with Crippen LogP contribution in [0.3, 0.4) is 0 Å². The van der Waals surface area contributed by atoms with Crippen LogP contribution in [-0.4, -0.2) is 17.1 Å². The quantitative estimate of drug-likeness (QED) is 0.455. The number of ether oxygens (including phenoxy) is 1. The molecule has 4 nitrogen and oxygen atoms in total. The van der Waals surface area contributed by atoms with E-state index in [9.17, 15) is 8.78 Å². The van der Waals surface area contributed by atoms with E-state index in [1.807, 2.05) is 32.0 Å². The molecule has 0 aliphatic carbocycles. The zero-order valence-electron chi connectivity index (χ0n) is 15.5. The van der Waals surface area contributed by atoms with Gasteiger partial charge in [-0.2, -0.15) is 0 Å². The van der Waals surface area contributed by atoms with Crippen LogP contribution in [0, 0.1) is 17.4 Å². The molecule has 1 heterocycles. The fourth-order valence-electron chi connectivity index (χ4n) is 3.17. The van der Waals surface area contributed by atoms with Gasteiger partial charge in [0.2, 0.25) is 0 Å². The average Bonchev–Trinajstić information content (AvgIpc) is 2.61. The first-order valence-corrected chi connectivity index (χ1v) is 9.55. The molecule has 27 heavy (non-hydrogen) atoms. The van der Waals surface area contributed by atoms with Crippen LogP contribution in [0.2, 0.25) is 0 Å². The number of nitrogens with zero attached hydrogens (tertiary/aromatic N) is 2. The van der Waals surface area contributed by atoms with E-state index in [2.05, 4.69) is 37.9 Å². The topological polar surface area (TPSA) is 47.0 Å². The molecule has 3 aromatic rings. The number of aryl methyl sites for hydroxylation is 1. The molecule has 1 unspecified atom stereocenters. The van der Waals surface area contributed by atoms with E-state index in [0.29, 0.717) is 17.2 Å². The van der Waals surface area contributed by atoms with Crippen LogP contribution in [0.25, 0.3) is 10.9 Å². The Hall–Kier alpha value is -2.03. The number of benzene rings is 2. The number of methoxy groups -OCH3 is 1. The Morgan fingerprint density at radius 2 is 1.81 bits per heavy atom. The lowest BCUT2D eigenvalue weighted by molar-refractivity contribution is 0.150. The first kappa shape index (κ1) is 19.7. The fourth-order valence-corrected chi connectivity index (χ4v) is 3.86. The highest BCUT2D eigenvalue weighted by Gasteiger charge is 2.18. The van der Waals surface area contributed by atoms with Crippen LogP contribution in [0.15, 0.2) is 30.3 Å². The normalized spacial score (nSPS) is 12.4. The predicted octanol–water partition coefficient (Wildman–Crippen LogP) is 5.97. The second-order valence-electron chi connectivity index (χ2n) is 6.35. The van der Waals surface area contributed by atoms with Gasteiger partial charge in [0.05, 0.1) is 22.2 Å². The van der Waals surface area contributed by atoms with Crippen LogP contribution < -0.4 is 10.1 Å². The SMILES string of the molecule is COc1cc2nc(C)nc(NC(C)c3cccc(C(F)F)c3C)c2cc1I. The van der Waals surface area contributed by atoms with Gasteiger partial charge in [-0.25, -0.2) is 18.7 Å². The third-order valence-electron chi connectivity index (χ3n) is 4.55. The Kier molecular flexibility index (Phi) is 5.78. The summed E-state index contributed by atoms with van der Waals surface area (Å²) in [7, 11) is 1.62. The van der Waals surface area contributed by atoms with Crippen molar-refractivity contribution in [2.75, 3.05) is 12.4 Å². The molecule has 1 N–H and O–H groups in total. The van der Waals surface area contributed by atoms with Crippen LogP contribution >= 0.6 is 22.6 Å². The maximum atomic E-state index is 13.2. The van der Waals surface area contributed by atoms with E-state index in [1.165, 1.54) is 6.07 Å². The van der Waals surface area contributed by atoms with Crippen molar-refractivity contribution in [1.29, 1.82) is 0 Å². The monoisotopic (exact) mass is 483 g/mol. The van der Waals surface area contributed by atoms with Gasteiger partial charge in [0, 0.05) is 17.0 Å². The zero-order valence-corrected chi connectivity index (χ0v) is 17.6. The van der Waals surface area contributed by atoms with Crippen LogP contribution in [-0.2, 0) is 0 Å². The van der Waals surface area contributed by atoms with Gasteiger partial charge in [0.1, 0.15) is 17.4 Å². The van der Waals surface area contributed by atoms with Gasteiger partial charge in [0.15, 0.2) is 0 Å². The lowest BCUT2D eigenvalue weighted by Crippen LogP contribution is -2.12. The van der Waals surface area contributed by atoms with E-state index < -0.39 is 6.43 Å². The number of alkyl halides is 2. The molecule has 0 aliphatic rings. The molecule has 0 spiro atoms. The summed E-state index contributed by atoms with van der Waals surface area (Å²) in [6.07, 6.45) is -2.49. The van der Waals surface area contributed by atoms with Crippen molar-refractivity contribution in [2.24, 2.45) is 0 Å².